The smallest absolute Gasteiger partial charge is 0.136 e. The summed E-state index contributed by atoms with van der Waals surface area (Å²) in [7, 11) is 0. The molecule has 1 fully saturated rings. The van der Waals surface area contributed by atoms with Crippen LogP contribution in [0.5, 0.6) is 0 Å². The molecule has 0 aliphatic heterocycles. The molecule has 0 heterocycles. The van der Waals surface area contributed by atoms with Gasteiger partial charge >= 0.3 is 0 Å². The summed E-state index contributed by atoms with van der Waals surface area (Å²) < 4.78 is 0. The first-order valence-electron chi connectivity index (χ1n) is 4.89. The highest BCUT2D eigenvalue weighted by Gasteiger charge is 2.41. The Morgan fingerprint density at radius 3 is 2.25 bits per heavy atom. The van der Waals surface area contributed by atoms with Gasteiger partial charge in [-0.05, 0) is 17.3 Å². The second-order valence-electron chi connectivity index (χ2n) is 5.07. The maximum atomic E-state index is 11.6. The number of carbonyl (C=O) groups is 1. The summed E-state index contributed by atoms with van der Waals surface area (Å²) in [6.07, 6.45) is 0.764. The Hall–Kier alpha value is -0.330. The summed E-state index contributed by atoms with van der Waals surface area (Å²) in [5.41, 5.74) is 0.211. The Morgan fingerprint density at radius 1 is 1.25 bits per heavy atom. The molecule has 70 valence electrons. The van der Waals surface area contributed by atoms with E-state index >= 15 is 0 Å². The fraction of sp³-hybridized carbons (Fsp3) is 0.909. The lowest BCUT2D eigenvalue weighted by molar-refractivity contribution is -0.132. The molecule has 0 spiro atoms. The van der Waals surface area contributed by atoms with Gasteiger partial charge in [0, 0.05) is 12.3 Å². The fourth-order valence-electron chi connectivity index (χ4n) is 2.21. The van der Waals surface area contributed by atoms with Crippen LogP contribution in [0.3, 0.4) is 0 Å². The van der Waals surface area contributed by atoms with Crippen LogP contribution in [-0.2, 0) is 4.79 Å². The van der Waals surface area contributed by atoms with E-state index in [1.165, 1.54) is 0 Å². The third-order valence-electron chi connectivity index (χ3n) is 3.95. The molecule has 3 atom stereocenters. The molecule has 2 unspecified atom stereocenters. The van der Waals surface area contributed by atoms with E-state index in [-0.39, 0.29) is 11.3 Å². The molecule has 0 aromatic heterocycles. The minimum Gasteiger partial charge on any atom is -0.299 e. The quantitative estimate of drug-likeness (QED) is 0.543. The Bertz CT molecular complexity index is 193. The third kappa shape index (κ3) is 1.41. The maximum Gasteiger partial charge on any atom is 0.136 e. The second-order valence-corrected chi connectivity index (χ2v) is 5.07. The highest BCUT2D eigenvalue weighted by molar-refractivity contribution is 5.82. The van der Waals surface area contributed by atoms with Crippen LogP contribution in [0.4, 0.5) is 0 Å². The van der Waals surface area contributed by atoms with E-state index in [4.69, 9.17) is 0 Å². The van der Waals surface area contributed by atoms with Gasteiger partial charge in [-0.25, -0.2) is 0 Å². The van der Waals surface area contributed by atoms with Crippen LogP contribution in [-0.4, -0.2) is 5.78 Å². The van der Waals surface area contributed by atoms with Crippen molar-refractivity contribution in [3.63, 3.8) is 0 Å². The van der Waals surface area contributed by atoms with Gasteiger partial charge in [0.05, 0.1) is 0 Å². The number of hydrogen-bond donors (Lipinski definition) is 0. The van der Waals surface area contributed by atoms with E-state index in [1.54, 1.807) is 0 Å². The van der Waals surface area contributed by atoms with Crippen molar-refractivity contribution < 1.29 is 4.79 Å². The van der Waals surface area contributed by atoms with Crippen molar-refractivity contribution in [2.45, 2.75) is 41.0 Å². The largest absolute Gasteiger partial charge is 0.299 e. The van der Waals surface area contributed by atoms with Gasteiger partial charge in [-0.15, -0.1) is 0 Å². The number of hydrogen-bond acceptors (Lipinski definition) is 1. The van der Waals surface area contributed by atoms with E-state index in [1.807, 2.05) is 0 Å². The average Bonchev–Trinajstić information content (AvgIpc) is 1.97. The first kappa shape index (κ1) is 9.76. The fourth-order valence-corrected chi connectivity index (χ4v) is 2.21. The van der Waals surface area contributed by atoms with Crippen molar-refractivity contribution in [1.29, 1.82) is 0 Å². The van der Waals surface area contributed by atoms with Crippen LogP contribution in [0.15, 0.2) is 0 Å². The van der Waals surface area contributed by atoms with E-state index in [2.05, 4.69) is 34.6 Å². The van der Waals surface area contributed by atoms with Gasteiger partial charge in [-0.2, -0.15) is 0 Å². The lowest BCUT2D eigenvalue weighted by atomic mass is 9.61. The molecule has 0 bridgehead atoms. The number of Topliss-reactive ketones (excluding diaryl/α,β-unsaturated/α-hetero) is 1. The van der Waals surface area contributed by atoms with E-state index in [0.29, 0.717) is 17.6 Å². The molecule has 0 aromatic rings. The van der Waals surface area contributed by atoms with Crippen molar-refractivity contribution in [2.24, 2.45) is 23.2 Å². The van der Waals surface area contributed by atoms with Crippen LogP contribution < -0.4 is 0 Å². The number of rotatable bonds is 0. The highest BCUT2D eigenvalue weighted by Crippen LogP contribution is 2.44. The Morgan fingerprint density at radius 2 is 1.75 bits per heavy atom. The Labute approximate surface area is 75.5 Å². The summed E-state index contributed by atoms with van der Waals surface area (Å²) in [6, 6.07) is 0. The van der Waals surface area contributed by atoms with Gasteiger partial charge < -0.3 is 0 Å². The molecule has 1 heteroatoms. The number of ketones is 1. The normalized spacial score (nSPS) is 41.4. The predicted molar refractivity (Wildman–Crippen MR) is 50.9 cm³/mol. The van der Waals surface area contributed by atoms with Gasteiger partial charge in [0.15, 0.2) is 0 Å². The van der Waals surface area contributed by atoms with Crippen LogP contribution >= 0.6 is 0 Å². The van der Waals surface area contributed by atoms with Gasteiger partial charge in [-0.3, -0.25) is 4.79 Å². The minimum absolute atomic E-state index is 0.211. The van der Waals surface area contributed by atoms with Crippen LogP contribution in [0, 0.1) is 23.2 Å². The molecule has 0 amide bonds. The lowest BCUT2D eigenvalue weighted by Crippen LogP contribution is -2.41. The lowest BCUT2D eigenvalue weighted by Gasteiger charge is -2.43. The van der Waals surface area contributed by atoms with Gasteiger partial charge in [0.1, 0.15) is 5.78 Å². The first-order valence-corrected chi connectivity index (χ1v) is 4.89. The van der Waals surface area contributed by atoms with E-state index in [0.717, 1.165) is 6.42 Å². The van der Waals surface area contributed by atoms with Gasteiger partial charge in [0.25, 0.3) is 0 Å². The van der Waals surface area contributed by atoms with Crippen molar-refractivity contribution in [1.82, 2.24) is 0 Å². The molecule has 0 saturated heterocycles. The zero-order chi connectivity index (χ0) is 9.52. The molecular weight excluding hydrogens is 148 g/mol. The van der Waals surface area contributed by atoms with Gasteiger partial charge in [-0.1, -0.05) is 34.6 Å². The average molecular weight is 168 g/mol. The molecule has 1 nitrogen and oxygen atoms in total. The van der Waals surface area contributed by atoms with Crippen molar-refractivity contribution in [3.8, 4) is 0 Å². The van der Waals surface area contributed by atoms with Crippen LogP contribution in [0.25, 0.3) is 0 Å². The molecule has 1 saturated carbocycles. The molecule has 0 radical (unpaired) electrons. The van der Waals surface area contributed by atoms with Crippen LogP contribution in [0.2, 0.25) is 0 Å². The van der Waals surface area contributed by atoms with Crippen LogP contribution in [0.1, 0.15) is 41.0 Å². The maximum absolute atomic E-state index is 11.6. The first-order chi connectivity index (χ1) is 5.36. The predicted octanol–water partition coefficient (Wildman–Crippen LogP) is 2.89. The molecule has 1 aliphatic rings. The zero-order valence-electron chi connectivity index (χ0n) is 8.85. The summed E-state index contributed by atoms with van der Waals surface area (Å²) in [4.78, 5) is 11.6. The molecule has 1 aliphatic carbocycles. The molecule has 0 aromatic carbocycles. The topological polar surface area (TPSA) is 17.1 Å². The number of carbonyl (C=O) groups excluding carboxylic acids is 1. The van der Waals surface area contributed by atoms with Crippen molar-refractivity contribution >= 4 is 5.78 Å². The zero-order valence-corrected chi connectivity index (χ0v) is 8.85. The SMILES string of the molecule is CC1C(C)C(C)(C)CC(=O)[C@H]1C. The van der Waals surface area contributed by atoms with Crippen molar-refractivity contribution in [3.05, 3.63) is 0 Å². The van der Waals surface area contributed by atoms with E-state index in [9.17, 15) is 4.79 Å². The van der Waals surface area contributed by atoms with Crippen molar-refractivity contribution in [2.75, 3.05) is 0 Å². The molecule has 1 rings (SSSR count). The monoisotopic (exact) mass is 168 g/mol. The second kappa shape index (κ2) is 2.86. The summed E-state index contributed by atoms with van der Waals surface area (Å²) in [6.45, 7) is 11.0. The molecule has 12 heavy (non-hydrogen) atoms. The Balaban J connectivity index is 2.85. The molecule has 0 N–H and O–H groups in total. The Kier molecular flexibility index (Phi) is 2.33. The van der Waals surface area contributed by atoms with E-state index < -0.39 is 0 Å². The standard InChI is InChI=1S/C11H20O/c1-7-8(2)10(12)6-11(4,5)9(7)3/h7-9H,6H2,1-5H3/t7?,8-,9?/m0/s1. The summed E-state index contributed by atoms with van der Waals surface area (Å²) in [5, 5.41) is 0. The summed E-state index contributed by atoms with van der Waals surface area (Å²) >= 11 is 0. The highest BCUT2D eigenvalue weighted by atomic mass is 16.1. The van der Waals surface area contributed by atoms with Gasteiger partial charge in [0.2, 0.25) is 0 Å². The third-order valence-corrected chi connectivity index (χ3v) is 3.95. The minimum atomic E-state index is 0.211. The summed E-state index contributed by atoms with van der Waals surface area (Å²) in [5.74, 6) is 1.92. The molecular formula is C11H20O.